The highest BCUT2D eigenvalue weighted by Crippen LogP contribution is 2.30. The predicted octanol–water partition coefficient (Wildman–Crippen LogP) is 1.98. The summed E-state index contributed by atoms with van der Waals surface area (Å²) in [6, 6.07) is 11.1. The number of nitrogens with one attached hydrogen (secondary N) is 1. The van der Waals surface area contributed by atoms with Crippen molar-refractivity contribution in [3.05, 3.63) is 69.1 Å². The van der Waals surface area contributed by atoms with Gasteiger partial charge in [-0.05, 0) is 30.2 Å². The Hall–Kier alpha value is -2.15. The highest BCUT2D eigenvalue weighted by Gasteiger charge is 2.38. The maximum atomic E-state index is 12.5. The lowest BCUT2D eigenvalue weighted by Gasteiger charge is -2.35. The van der Waals surface area contributed by atoms with Gasteiger partial charge in [-0.25, -0.2) is 0 Å². The summed E-state index contributed by atoms with van der Waals surface area (Å²) in [5.41, 5.74) is 1.49. The SMILES string of the molecule is Cn1cc(C(=O)N[C@H]2C[C@H]3CO[C@@H](c4ccc(Cl)cc4)CN3C2)ccc1=O. The van der Waals surface area contributed by atoms with Crippen LogP contribution in [0.4, 0.5) is 0 Å². The molecule has 1 N–H and O–H groups in total. The van der Waals surface area contributed by atoms with Crippen LogP contribution in [0, 0.1) is 0 Å². The molecule has 7 heteroatoms. The number of nitrogens with zero attached hydrogens (tertiary/aromatic N) is 2. The molecule has 2 aliphatic heterocycles. The Morgan fingerprint density at radius 3 is 2.70 bits per heavy atom. The zero-order chi connectivity index (χ0) is 19.0. The second-order valence-corrected chi connectivity index (χ2v) is 7.69. The summed E-state index contributed by atoms with van der Waals surface area (Å²) < 4.78 is 7.46. The molecule has 0 bridgehead atoms. The molecule has 0 unspecified atom stereocenters. The number of carbonyl (C=O) groups excluding carboxylic acids is 1. The van der Waals surface area contributed by atoms with E-state index in [1.165, 1.54) is 10.6 Å². The van der Waals surface area contributed by atoms with Gasteiger partial charge < -0.3 is 14.6 Å². The number of morpholine rings is 1. The molecule has 2 fully saturated rings. The van der Waals surface area contributed by atoms with Gasteiger partial charge in [-0.15, -0.1) is 0 Å². The van der Waals surface area contributed by atoms with E-state index in [2.05, 4.69) is 10.2 Å². The molecule has 3 heterocycles. The van der Waals surface area contributed by atoms with Crippen molar-refractivity contribution in [3.8, 4) is 0 Å². The van der Waals surface area contributed by atoms with Crippen LogP contribution in [-0.4, -0.2) is 47.2 Å². The maximum Gasteiger partial charge on any atom is 0.253 e. The van der Waals surface area contributed by atoms with E-state index in [4.69, 9.17) is 16.3 Å². The van der Waals surface area contributed by atoms with Crippen molar-refractivity contribution < 1.29 is 9.53 Å². The van der Waals surface area contributed by atoms with Crippen molar-refractivity contribution in [3.63, 3.8) is 0 Å². The molecule has 4 rings (SSSR count). The highest BCUT2D eigenvalue weighted by atomic mass is 35.5. The van der Waals surface area contributed by atoms with E-state index in [0.29, 0.717) is 18.2 Å². The molecule has 2 aromatic rings. The lowest BCUT2D eigenvalue weighted by Crippen LogP contribution is -2.43. The molecule has 2 aliphatic rings. The van der Waals surface area contributed by atoms with Crippen molar-refractivity contribution in [2.75, 3.05) is 19.7 Å². The number of ether oxygens (including phenoxy) is 1. The van der Waals surface area contributed by atoms with Crippen molar-refractivity contribution in [2.24, 2.45) is 7.05 Å². The Labute approximate surface area is 162 Å². The molecule has 3 atom stereocenters. The van der Waals surface area contributed by atoms with Crippen molar-refractivity contribution >= 4 is 17.5 Å². The first-order chi connectivity index (χ1) is 13.0. The Balaban J connectivity index is 1.38. The fraction of sp³-hybridized carbons (Fsp3) is 0.400. The van der Waals surface area contributed by atoms with E-state index >= 15 is 0 Å². The zero-order valence-electron chi connectivity index (χ0n) is 15.1. The molecule has 27 heavy (non-hydrogen) atoms. The average molecular weight is 388 g/mol. The van der Waals surface area contributed by atoms with Crippen LogP contribution in [0.1, 0.15) is 28.4 Å². The summed E-state index contributed by atoms with van der Waals surface area (Å²) in [5.74, 6) is -0.148. The van der Waals surface area contributed by atoms with Gasteiger partial charge in [0.1, 0.15) is 0 Å². The van der Waals surface area contributed by atoms with Gasteiger partial charge in [0.2, 0.25) is 5.56 Å². The maximum absolute atomic E-state index is 12.5. The van der Waals surface area contributed by atoms with E-state index in [-0.39, 0.29) is 23.6 Å². The van der Waals surface area contributed by atoms with Gasteiger partial charge in [0.25, 0.3) is 5.91 Å². The highest BCUT2D eigenvalue weighted by molar-refractivity contribution is 6.30. The third kappa shape index (κ3) is 3.93. The molecule has 0 radical (unpaired) electrons. The lowest BCUT2D eigenvalue weighted by molar-refractivity contribution is -0.0502. The normalized spacial score (nSPS) is 25.2. The molecule has 0 saturated carbocycles. The van der Waals surface area contributed by atoms with Crippen LogP contribution in [0.2, 0.25) is 5.02 Å². The van der Waals surface area contributed by atoms with Gasteiger partial charge in [0.05, 0.1) is 18.3 Å². The molecular weight excluding hydrogens is 366 g/mol. The molecule has 0 spiro atoms. The van der Waals surface area contributed by atoms with Gasteiger partial charge in [-0.3, -0.25) is 14.5 Å². The average Bonchev–Trinajstić information content (AvgIpc) is 3.06. The standard InChI is InChI=1S/C20H22ClN3O3/c1-23-9-14(4-7-19(23)25)20(26)22-16-8-17-12-27-18(11-24(17)10-16)13-2-5-15(21)6-3-13/h2-7,9,16-18H,8,10-12H2,1H3,(H,22,26)/t16-,17-,18+/m0/s1. The molecule has 1 aromatic carbocycles. The number of hydrogen-bond acceptors (Lipinski definition) is 4. The number of halogens is 1. The topological polar surface area (TPSA) is 63.6 Å². The smallest absolute Gasteiger partial charge is 0.253 e. The van der Waals surface area contributed by atoms with E-state index < -0.39 is 0 Å². The summed E-state index contributed by atoms with van der Waals surface area (Å²) in [6.07, 6.45) is 2.46. The largest absolute Gasteiger partial charge is 0.371 e. The summed E-state index contributed by atoms with van der Waals surface area (Å²) in [7, 11) is 1.64. The lowest BCUT2D eigenvalue weighted by atomic mass is 10.1. The predicted molar refractivity (Wildman–Crippen MR) is 103 cm³/mol. The fourth-order valence-corrected chi connectivity index (χ4v) is 3.98. The number of hydrogen-bond donors (Lipinski definition) is 1. The summed E-state index contributed by atoms with van der Waals surface area (Å²) in [4.78, 5) is 26.4. The van der Waals surface area contributed by atoms with Crippen molar-refractivity contribution in [1.29, 1.82) is 0 Å². The number of fused-ring (bicyclic) bond motifs is 1. The van der Waals surface area contributed by atoms with Gasteiger partial charge >= 0.3 is 0 Å². The van der Waals surface area contributed by atoms with Gasteiger partial charge in [0.15, 0.2) is 0 Å². The number of rotatable bonds is 3. The third-order valence-electron chi connectivity index (χ3n) is 5.34. The van der Waals surface area contributed by atoms with Gasteiger partial charge in [0, 0.05) is 49.5 Å². The van der Waals surface area contributed by atoms with Crippen LogP contribution in [0.5, 0.6) is 0 Å². The minimum atomic E-state index is -0.148. The second kappa shape index (κ2) is 7.46. The molecule has 0 aliphatic carbocycles. The quantitative estimate of drug-likeness (QED) is 0.874. The number of benzene rings is 1. The molecule has 2 saturated heterocycles. The first-order valence-corrected chi connectivity index (χ1v) is 9.46. The second-order valence-electron chi connectivity index (χ2n) is 7.25. The Bertz CT molecular complexity index is 896. The van der Waals surface area contributed by atoms with Crippen LogP contribution >= 0.6 is 11.6 Å². The number of amides is 1. The van der Waals surface area contributed by atoms with E-state index in [1.807, 2.05) is 24.3 Å². The number of carbonyl (C=O) groups is 1. The first kappa shape index (κ1) is 18.2. The Morgan fingerprint density at radius 2 is 1.96 bits per heavy atom. The number of aromatic nitrogens is 1. The minimum Gasteiger partial charge on any atom is -0.371 e. The molecular formula is C20H22ClN3O3. The molecule has 1 aromatic heterocycles. The summed E-state index contributed by atoms with van der Waals surface area (Å²) >= 11 is 5.97. The first-order valence-electron chi connectivity index (χ1n) is 9.08. The molecule has 142 valence electrons. The van der Waals surface area contributed by atoms with E-state index in [9.17, 15) is 9.59 Å². The molecule has 1 amide bonds. The van der Waals surface area contributed by atoms with E-state index in [0.717, 1.165) is 30.1 Å². The summed E-state index contributed by atoms with van der Waals surface area (Å²) in [6.45, 7) is 2.26. The summed E-state index contributed by atoms with van der Waals surface area (Å²) in [5, 5.41) is 3.81. The van der Waals surface area contributed by atoms with Crippen LogP contribution < -0.4 is 10.9 Å². The van der Waals surface area contributed by atoms with Crippen molar-refractivity contribution in [2.45, 2.75) is 24.6 Å². The molecule has 6 nitrogen and oxygen atoms in total. The van der Waals surface area contributed by atoms with Crippen LogP contribution in [0.25, 0.3) is 0 Å². The third-order valence-corrected chi connectivity index (χ3v) is 5.60. The van der Waals surface area contributed by atoms with Gasteiger partial charge in [-0.1, -0.05) is 23.7 Å². The van der Waals surface area contributed by atoms with Crippen LogP contribution in [0.15, 0.2) is 47.4 Å². The number of aryl methyl sites for hydroxylation is 1. The minimum absolute atomic E-state index is 0.0246. The van der Waals surface area contributed by atoms with Crippen LogP contribution in [0.3, 0.4) is 0 Å². The Kier molecular flexibility index (Phi) is 5.04. The van der Waals surface area contributed by atoms with Gasteiger partial charge in [-0.2, -0.15) is 0 Å². The zero-order valence-corrected chi connectivity index (χ0v) is 15.9. The number of pyridine rings is 1. The van der Waals surface area contributed by atoms with Crippen molar-refractivity contribution in [1.82, 2.24) is 14.8 Å². The van der Waals surface area contributed by atoms with Crippen LogP contribution in [-0.2, 0) is 11.8 Å². The fourth-order valence-electron chi connectivity index (χ4n) is 3.85. The monoisotopic (exact) mass is 387 g/mol. The van der Waals surface area contributed by atoms with E-state index in [1.54, 1.807) is 19.3 Å². The Morgan fingerprint density at radius 1 is 1.19 bits per heavy atom.